The van der Waals surface area contributed by atoms with E-state index in [2.05, 4.69) is 16.5 Å². The second-order valence-electron chi connectivity index (χ2n) is 2.78. The third kappa shape index (κ3) is 0.686. The quantitative estimate of drug-likeness (QED) is 0.562. The van der Waals surface area contributed by atoms with Crippen molar-refractivity contribution in [2.24, 2.45) is 0 Å². The molecule has 0 saturated carbocycles. The first-order valence-electron chi connectivity index (χ1n) is 3.50. The number of rotatable bonds is 0. The van der Waals surface area contributed by atoms with Crippen LogP contribution in [0.5, 0.6) is 0 Å². The van der Waals surface area contributed by atoms with E-state index in [0.717, 1.165) is 17.5 Å². The Hall–Kier alpha value is -0.500. The molecule has 0 radical (unpaired) electrons. The number of nitrogens with zero attached hydrogens (tertiary/aromatic N) is 2. The van der Waals surface area contributed by atoms with Gasteiger partial charge in [0.15, 0.2) is 0 Å². The third-order valence-electron chi connectivity index (χ3n) is 2.06. The van der Waals surface area contributed by atoms with Gasteiger partial charge >= 0.3 is 0 Å². The molecule has 1 aliphatic rings. The summed E-state index contributed by atoms with van der Waals surface area (Å²) < 4.78 is 2.08. The summed E-state index contributed by atoms with van der Waals surface area (Å²) in [5.74, 6) is 1.73. The summed E-state index contributed by atoms with van der Waals surface area (Å²) in [6.07, 6.45) is 2.91. The monoisotopic (exact) mass is 156 g/mol. The lowest BCUT2D eigenvalue weighted by Crippen LogP contribution is -1.91. The molecule has 10 heavy (non-hydrogen) atoms. The number of imidazole rings is 1. The first-order chi connectivity index (χ1) is 4.79. The normalized spacial score (nSPS) is 23.2. The van der Waals surface area contributed by atoms with E-state index in [1.165, 1.54) is 6.42 Å². The Bertz CT molecular complexity index is 254. The molecule has 2 nitrogen and oxygen atoms in total. The van der Waals surface area contributed by atoms with E-state index in [1.54, 1.807) is 6.20 Å². The Balaban J connectivity index is 2.53. The van der Waals surface area contributed by atoms with Crippen LogP contribution in [-0.4, -0.2) is 9.55 Å². The van der Waals surface area contributed by atoms with Crippen molar-refractivity contribution in [1.82, 2.24) is 9.55 Å². The zero-order valence-corrected chi connectivity index (χ0v) is 6.60. The van der Waals surface area contributed by atoms with Crippen molar-refractivity contribution in [3.8, 4) is 0 Å². The largest absolute Gasteiger partial charge is 0.319 e. The van der Waals surface area contributed by atoms with E-state index in [0.29, 0.717) is 5.92 Å². The fourth-order valence-corrected chi connectivity index (χ4v) is 1.65. The molecule has 54 valence electrons. The highest BCUT2D eigenvalue weighted by Gasteiger charge is 2.21. The van der Waals surface area contributed by atoms with Gasteiger partial charge in [-0.3, -0.25) is 0 Å². The fourth-order valence-electron chi connectivity index (χ4n) is 1.43. The van der Waals surface area contributed by atoms with Gasteiger partial charge in [-0.15, -0.1) is 0 Å². The molecule has 0 fully saturated rings. The Morgan fingerprint density at radius 1 is 1.80 bits per heavy atom. The van der Waals surface area contributed by atoms with Crippen LogP contribution in [-0.2, 0) is 6.54 Å². The molecule has 0 bridgehead atoms. The van der Waals surface area contributed by atoms with Crippen molar-refractivity contribution in [1.29, 1.82) is 0 Å². The van der Waals surface area contributed by atoms with Crippen molar-refractivity contribution in [2.75, 3.05) is 0 Å². The average Bonchev–Trinajstić information content (AvgIpc) is 2.41. The summed E-state index contributed by atoms with van der Waals surface area (Å²) in [5, 5.41) is 0.777. The van der Waals surface area contributed by atoms with E-state index in [-0.39, 0.29) is 0 Å². The van der Waals surface area contributed by atoms with Gasteiger partial charge in [-0.2, -0.15) is 0 Å². The van der Waals surface area contributed by atoms with Crippen LogP contribution in [0.1, 0.15) is 25.1 Å². The Labute approximate surface area is 64.8 Å². The predicted octanol–water partition coefficient (Wildman–Crippen LogP) is 2.04. The Morgan fingerprint density at radius 2 is 2.60 bits per heavy atom. The molecule has 0 spiro atoms. The van der Waals surface area contributed by atoms with Crippen LogP contribution in [0.3, 0.4) is 0 Å². The Morgan fingerprint density at radius 3 is 3.30 bits per heavy atom. The molecule has 1 aromatic heterocycles. The number of halogens is 1. The van der Waals surface area contributed by atoms with Crippen molar-refractivity contribution < 1.29 is 0 Å². The summed E-state index contributed by atoms with van der Waals surface area (Å²) in [4.78, 5) is 4.21. The molecule has 1 atom stereocenters. The van der Waals surface area contributed by atoms with Crippen LogP contribution in [0.15, 0.2) is 6.20 Å². The van der Waals surface area contributed by atoms with Gasteiger partial charge in [0, 0.05) is 12.5 Å². The van der Waals surface area contributed by atoms with Crippen molar-refractivity contribution in [3.63, 3.8) is 0 Å². The number of hydrogen-bond acceptors (Lipinski definition) is 1. The lowest BCUT2D eigenvalue weighted by molar-refractivity contribution is 0.700. The highest BCUT2D eigenvalue weighted by molar-refractivity contribution is 6.29. The molecule has 3 heteroatoms. The van der Waals surface area contributed by atoms with Gasteiger partial charge in [-0.25, -0.2) is 4.98 Å². The van der Waals surface area contributed by atoms with Crippen LogP contribution in [0.25, 0.3) is 0 Å². The number of hydrogen-bond donors (Lipinski definition) is 0. The van der Waals surface area contributed by atoms with Crippen LogP contribution < -0.4 is 0 Å². The second-order valence-corrected chi connectivity index (χ2v) is 3.17. The van der Waals surface area contributed by atoms with E-state index in [9.17, 15) is 0 Å². The molecule has 1 unspecified atom stereocenters. The van der Waals surface area contributed by atoms with Crippen molar-refractivity contribution in [3.05, 3.63) is 17.2 Å². The first kappa shape index (κ1) is 6.23. The lowest BCUT2D eigenvalue weighted by Gasteiger charge is -1.95. The molecule has 2 rings (SSSR count). The topological polar surface area (TPSA) is 17.8 Å². The summed E-state index contributed by atoms with van der Waals surface area (Å²) in [7, 11) is 0. The SMILES string of the molecule is CC1CCn2c(Cl)cnc21. The van der Waals surface area contributed by atoms with Gasteiger partial charge < -0.3 is 4.57 Å². The smallest absolute Gasteiger partial charge is 0.128 e. The minimum atomic E-state index is 0.590. The van der Waals surface area contributed by atoms with Crippen LogP contribution in [0.4, 0.5) is 0 Å². The molecule has 1 aliphatic heterocycles. The zero-order valence-electron chi connectivity index (χ0n) is 5.84. The minimum Gasteiger partial charge on any atom is -0.319 e. The zero-order chi connectivity index (χ0) is 7.14. The fraction of sp³-hybridized carbons (Fsp3) is 0.571. The number of fused-ring (bicyclic) bond motifs is 1. The van der Waals surface area contributed by atoms with Crippen molar-refractivity contribution in [2.45, 2.75) is 25.8 Å². The van der Waals surface area contributed by atoms with Crippen LogP contribution >= 0.6 is 11.6 Å². The van der Waals surface area contributed by atoms with Crippen molar-refractivity contribution >= 4 is 11.6 Å². The van der Waals surface area contributed by atoms with Gasteiger partial charge in [0.1, 0.15) is 11.0 Å². The molecular formula is C7H9ClN2. The van der Waals surface area contributed by atoms with E-state index >= 15 is 0 Å². The summed E-state index contributed by atoms with van der Waals surface area (Å²) >= 11 is 5.85. The van der Waals surface area contributed by atoms with E-state index < -0.39 is 0 Å². The van der Waals surface area contributed by atoms with E-state index in [1.807, 2.05) is 0 Å². The molecule has 0 saturated heterocycles. The van der Waals surface area contributed by atoms with Crippen LogP contribution in [0.2, 0.25) is 5.15 Å². The van der Waals surface area contributed by atoms with Gasteiger partial charge in [0.25, 0.3) is 0 Å². The van der Waals surface area contributed by atoms with Crippen LogP contribution in [0, 0.1) is 0 Å². The molecule has 0 aliphatic carbocycles. The Kier molecular flexibility index (Phi) is 1.24. The third-order valence-corrected chi connectivity index (χ3v) is 2.37. The summed E-state index contributed by atoms with van der Waals surface area (Å²) in [6, 6.07) is 0. The lowest BCUT2D eigenvalue weighted by atomic mass is 10.1. The standard InChI is InChI=1S/C7H9ClN2/c1-5-2-3-10-6(8)4-9-7(5)10/h4-5H,2-3H2,1H3. The van der Waals surface area contributed by atoms with Gasteiger partial charge in [0.05, 0.1) is 6.20 Å². The molecule has 2 heterocycles. The maximum absolute atomic E-state index is 5.85. The molecule has 0 aromatic carbocycles. The molecule has 0 amide bonds. The van der Waals surface area contributed by atoms with Gasteiger partial charge in [-0.05, 0) is 6.42 Å². The maximum atomic E-state index is 5.85. The summed E-state index contributed by atoms with van der Waals surface area (Å²) in [5.41, 5.74) is 0. The predicted molar refractivity (Wildman–Crippen MR) is 40.3 cm³/mol. The highest BCUT2D eigenvalue weighted by Crippen LogP contribution is 2.28. The highest BCUT2D eigenvalue weighted by atomic mass is 35.5. The number of aromatic nitrogens is 2. The molecule has 0 N–H and O–H groups in total. The first-order valence-corrected chi connectivity index (χ1v) is 3.88. The maximum Gasteiger partial charge on any atom is 0.128 e. The van der Waals surface area contributed by atoms with E-state index in [4.69, 9.17) is 11.6 Å². The molecular weight excluding hydrogens is 148 g/mol. The minimum absolute atomic E-state index is 0.590. The van der Waals surface area contributed by atoms with Gasteiger partial charge in [0.2, 0.25) is 0 Å². The second kappa shape index (κ2) is 1.99. The average molecular weight is 157 g/mol. The van der Waals surface area contributed by atoms with Gasteiger partial charge in [-0.1, -0.05) is 18.5 Å². The summed E-state index contributed by atoms with van der Waals surface area (Å²) in [6.45, 7) is 3.22. The molecule has 1 aromatic rings.